The molecule has 2 heterocycles. The topological polar surface area (TPSA) is 68.2 Å². The Balaban J connectivity index is 1.61. The molecule has 6 nitrogen and oxygen atoms in total. The summed E-state index contributed by atoms with van der Waals surface area (Å²) in [5.74, 6) is 0. The number of hydrogen-bond donors (Lipinski definition) is 2. The van der Waals surface area contributed by atoms with Gasteiger partial charge in [-0.15, -0.1) is 0 Å². The van der Waals surface area contributed by atoms with Crippen molar-refractivity contribution in [1.29, 1.82) is 0 Å². The van der Waals surface area contributed by atoms with Gasteiger partial charge >= 0.3 is 6.03 Å². The van der Waals surface area contributed by atoms with Gasteiger partial charge in [0.05, 0.1) is 24.5 Å². The Morgan fingerprint density at radius 3 is 3.00 bits per heavy atom. The molecule has 1 fully saturated rings. The zero-order valence-corrected chi connectivity index (χ0v) is 11.9. The highest BCUT2D eigenvalue weighted by Crippen LogP contribution is 2.20. The number of carbonyl (C=O) groups is 1. The molecule has 1 aromatic carbocycles. The van der Waals surface area contributed by atoms with E-state index in [2.05, 4.69) is 15.7 Å². The van der Waals surface area contributed by atoms with Crippen molar-refractivity contribution >= 4 is 17.4 Å². The minimum Gasteiger partial charge on any atom is -0.379 e. The minimum atomic E-state index is -0.272. The van der Waals surface area contributed by atoms with Crippen LogP contribution in [0, 0.1) is 6.92 Å². The third kappa shape index (κ3) is 3.22. The molecule has 2 amide bonds. The number of nitrogens with zero attached hydrogens (tertiary/aromatic N) is 2. The maximum Gasteiger partial charge on any atom is 0.323 e. The molecule has 1 aromatic heterocycles. The number of aromatic nitrogens is 2. The highest BCUT2D eigenvalue weighted by molar-refractivity contribution is 6.00. The van der Waals surface area contributed by atoms with E-state index in [1.165, 1.54) is 0 Å². The van der Waals surface area contributed by atoms with Crippen molar-refractivity contribution in [1.82, 2.24) is 9.78 Å². The van der Waals surface area contributed by atoms with Gasteiger partial charge in [0.1, 0.15) is 0 Å². The Bertz CT molecular complexity index is 632. The second-order valence-corrected chi connectivity index (χ2v) is 5.12. The van der Waals surface area contributed by atoms with E-state index < -0.39 is 0 Å². The highest BCUT2D eigenvalue weighted by atomic mass is 16.5. The van der Waals surface area contributed by atoms with Crippen molar-refractivity contribution < 1.29 is 9.53 Å². The molecule has 0 unspecified atom stereocenters. The highest BCUT2D eigenvalue weighted by Gasteiger charge is 2.18. The molecule has 0 bridgehead atoms. The Kier molecular flexibility index (Phi) is 3.87. The van der Waals surface area contributed by atoms with Gasteiger partial charge in [0.15, 0.2) is 0 Å². The first-order valence-corrected chi connectivity index (χ1v) is 6.98. The summed E-state index contributed by atoms with van der Waals surface area (Å²) in [7, 11) is 0. The summed E-state index contributed by atoms with van der Waals surface area (Å²) in [6.45, 7) is 3.39. The SMILES string of the molecule is Cc1ccccc1NC(=O)Nc1cnn([C@H]2CCOC2)c1. The van der Waals surface area contributed by atoms with Crippen LogP contribution < -0.4 is 10.6 Å². The van der Waals surface area contributed by atoms with Crippen LogP contribution in [0.2, 0.25) is 0 Å². The number of carbonyl (C=O) groups excluding carboxylic acids is 1. The number of benzene rings is 1. The van der Waals surface area contributed by atoms with Crippen LogP contribution in [-0.2, 0) is 4.74 Å². The fourth-order valence-corrected chi connectivity index (χ4v) is 2.33. The van der Waals surface area contributed by atoms with Crippen LogP contribution in [-0.4, -0.2) is 29.0 Å². The predicted octanol–water partition coefficient (Wildman–Crippen LogP) is 2.80. The summed E-state index contributed by atoms with van der Waals surface area (Å²) >= 11 is 0. The van der Waals surface area contributed by atoms with Gasteiger partial charge in [-0.25, -0.2) is 4.79 Å². The Hall–Kier alpha value is -2.34. The van der Waals surface area contributed by atoms with Gasteiger partial charge in [-0.05, 0) is 25.0 Å². The molecule has 0 aliphatic carbocycles. The molecule has 2 aromatic rings. The van der Waals surface area contributed by atoms with Crippen molar-refractivity contribution in [3.63, 3.8) is 0 Å². The average molecular weight is 286 g/mol. The zero-order chi connectivity index (χ0) is 14.7. The molecule has 1 atom stereocenters. The van der Waals surface area contributed by atoms with Gasteiger partial charge in [0.25, 0.3) is 0 Å². The van der Waals surface area contributed by atoms with Crippen molar-refractivity contribution in [3.05, 3.63) is 42.2 Å². The van der Waals surface area contributed by atoms with E-state index in [0.29, 0.717) is 12.3 Å². The summed E-state index contributed by atoms with van der Waals surface area (Å²) in [5.41, 5.74) is 2.49. The number of rotatable bonds is 3. The fourth-order valence-electron chi connectivity index (χ4n) is 2.33. The van der Waals surface area contributed by atoms with Gasteiger partial charge < -0.3 is 15.4 Å². The molecule has 0 saturated carbocycles. The van der Waals surface area contributed by atoms with E-state index >= 15 is 0 Å². The van der Waals surface area contributed by atoms with Crippen LogP contribution in [0.3, 0.4) is 0 Å². The molecule has 21 heavy (non-hydrogen) atoms. The van der Waals surface area contributed by atoms with E-state index in [9.17, 15) is 4.79 Å². The first-order valence-electron chi connectivity index (χ1n) is 6.98. The van der Waals surface area contributed by atoms with Gasteiger partial charge in [-0.2, -0.15) is 5.10 Å². The van der Waals surface area contributed by atoms with Gasteiger partial charge in [-0.1, -0.05) is 18.2 Å². The van der Waals surface area contributed by atoms with Crippen molar-refractivity contribution in [2.45, 2.75) is 19.4 Å². The molecule has 1 saturated heterocycles. The monoisotopic (exact) mass is 286 g/mol. The maximum atomic E-state index is 12.0. The third-order valence-corrected chi connectivity index (χ3v) is 3.53. The van der Waals surface area contributed by atoms with E-state index in [1.807, 2.05) is 42.1 Å². The van der Waals surface area contributed by atoms with Crippen LogP contribution in [0.15, 0.2) is 36.7 Å². The number of urea groups is 1. The molecule has 0 radical (unpaired) electrons. The Morgan fingerprint density at radius 1 is 1.38 bits per heavy atom. The number of para-hydroxylation sites is 1. The smallest absolute Gasteiger partial charge is 0.323 e. The molecule has 2 N–H and O–H groups in total. The quantitative estimate of drug-likeness (QED) is 0.911. The lowest BCUT2D eigenvalue weighted by molar-refractivity contribution is 0.184. The predicted molar refractivity (Wildman–Crippen MR) is 80.5 cm³/mol. The molecular weight excluding hydrogens is 268 g/mol. The lowest BCUT2D eigenvalue weighted by Crippen LogP contribution is -2.19. The second kappa shape index (κ2) is 5.97. The zero-order valence-electron chi connectivity index (χ0n) is 11.9. The van der Waals surface area contributed by atoms with E-state index in [0.717, 1.165) is 24.3 Å². The first-order chi connectivity index (χ1) is 10.2. The van der Waals surface area contributed by atoms with Gasteiger partial charge in [-0.3, -0.25) is 4.68 Å². The minimum absolute atomic E-state index is 0.264. The van der Waals surface area contributed by atoms with Crippen molar-refractivity contribution in [2.24, 2.45) is 0 Å². The molecule has 3 rings (SSSR count). The summed E-state index contributed by atoms with van der Waals surface area (Å²) in [6.07, 6.45) is 4.43. The maximum absolute atomic E-state index is 12.0. The normalized spacial score (nSPS) is 17.7. The summed E-state index contributed by atoms with van der Waals surface area (Å²) in [5, 5.41) is 9.88. The number of anilines is 2. The van der Waals surface area contributed by atoms with E-state index in [1.54, 1.807) is 6.20 Å². The van der Waals surface area contributed by atoms with Crippen LogP contribution in [0.1, 0.15) is 18.0 Å². The summed E-state index contributed by atoms with van der Waals surface area (Å²) < 4.78 is 7.18. The summed E-state index contributed by atoms with van der Waals surface area (Å²) in [6, 6.07) is 7.64. The molecule has 0 spiro atoms. The second-order valence-electron chi connectivity index (χ2n) is 5.12. The standard InChI is InChI=1S/C15H18N4O2/c1-11-4-2-3-5-14(11)18-15(20)17-12-8-16-19(9-12)13-6-7-21-10-13/h2-5,8-9,13H,6-7,10H2,1H3,(H2,17,18,20)/t13-/m0/s1. The molecule has 110 valence electrons. The van der Waals surface area contributed by atoms with Crippen molar-refractivity contribution in [2.75, 3.05) is 23.8 Å². The average Bonchev–Trinajstić information content (AvgIpc) is 3.12. The summed E-state index contributed by atoms with van der Waals surface area (Å²) in [4.78, 5) is 12.0. The molecule has 1 aliphatic heterocycles. The molecular formula is C15H18N4O2. The van der Waals surface area contributed by atoms with Crippen LogP contribution in [0.5, 0.6) is 0 Å². The van der Waals surface area contributed by atoms with Crippen LogP contribution in [0.4, 0.5) is 16.2 Å². The number of nitrogens with one attached hydrogen (secondary N) is 2. The molecule has 1 aliphatic rings. The Labute approximate surface area is 123 Å². The van der Waals surface area contributed by atoms with Gasteiger partial charge in [0, 0.05) is 18.5 Å². The number of ether oxygens (including phenoxy) is 1. The fraction of sp³-hybridized carbons (Fsp3) is 0.333. The number of hydrogen-bond acceptors (Lipinski definition) is 3. The van der Waals surface area contributed by atoms with E-state index in [-0.39, 0.29) is 12.1 Å². The van der Waals surface area contributed by atoms with Crippen LogP contribution in [0.25, 0.3) is 0 Å². The van der Waals surface area contributed by atoms with Crippen molar-refractivity contribution in [3.8, 4) is 0 Å². The first kappa shape index (κ1) is 13.6. The third-order valence-electron chi connectivity index (χ3n) is 3.53. The molecule has 6 heteroatoms. The van der Waals surface area contributed by atoms with Crippen LogP contribution >= 0.6 is 0 Å². The Morgan fingerprint density at radius 2 is 2.24 bits per heavy atom. The largest absolute Gasteiger partial charge is 0.379 e. The number of amides is 2. The van der Waals surface area contributed by atoms with Gasteiger partial charge in [0.2, 0.25) is 0 Å². The number of aryl methyl sites for hydroxylation is 1. The van der Waals surface area contributed by atoms with E-state index in [4.69, 9.17) is 4.74 Å². The lowest BCUT2D eigenvalue weighted by atomic mass is 10.2. The lowest BCUT2D eigenvalue weighted by Gasteiger charge is -2.09.